The summed E-state index contributed by atoms with van der Waals surface area (Å²) in [6.45, 7) is -2.79. The summed E-state index contributed by atoms with van der Waals surface area (Å²) in [4.78, 5) is 241. The predicted octanol–water partition coefficient (Wildman–Crippen LogP) is -11.3. The van der Waals surface area contributed by atoms with Crippen LogP contribution in [0.1, 0.15) is 114 Å². The minimum absolute atomic E-state index is 0.0285. The molecule has 16 atom stereocenters. The number of nitrogens with zero attached hydrogens (tertiary/aromatic N) is 1. The first-order valence-electron chi connectivity index (χ1n) is 38.8. The number of aliphatic hydroxyl groups is 5. The standard InChI is InChI=1S/C74H110N18O28/c1-37(83-73(118)74(91-52(96)31-77)28-40-13-6-7-14-41(40)29-74)63(108)79-32-55(99)86-48(27-39-11-4-3-5-12-39)69(114)88-44(18-17-42(30-76)119-72-62(107)61(106)60(105)50(36-93)120-72)65(110)81-34-53(97)84-46(20-23-57(101)102)67(112)87-45(19-22-51(78)95)66(111)82-35-56(100)92-26-10-16-49(92)70(115)89-43(15-8-9-25-75)64(109)80-33-54(98)85-47(21-24-58(103)104)68(113)90-59(38(2)94)71(116)117/h3-7,11-14,37-38,42-50,59-62,72,93-94,105-107H,8-10,15-36,75-77H2,1-2H3,(H2,78,95)(H,79,108)(H,80,109)(H,81,110)(H,82,111)(H,83,118)(H,84,97)(H,85,98)(H,86,99)(H,87,112)(H,88,114)(H,89,115)(H,90,113)(H,91,96)(H,101,102)(H,103,104)(H,116,117)/t37-,38+,42+,43-,44-,45-,46-,47-,48-,49-,50+,59-,60-,61-,62+,72+/m0/s1. The lowest BCUT2D eigenvalue weighted by atomic mass is 9.93. The van der Waals surface area contributed by atoms with Gasteiger partial charge in [0.2, 0.25) is 88.6 Å². The molecule has 0 saturated carbocycles. The number of carbonyl (C=O) groups excluding carboxylic acids is 15. The van der Waals surface area contributed by atoms with Gasteiger partial charge in [-0.25, -0.2) is 4.79 Å². The third-order valence-corrected chi connectivity index (χ3v) is 19.7. The second-order valence-electron chi connectivity index (χ2n) is 29.0. The zero-order chi connectivity index (χ0) is 89.1. The molecule has 46 heteroatoms. The minimum Gasteiger partial charge on any atom is -0.481 e. The minimum atomic E-state index is -1.92. The van der Waals surface area contributed by atoms with Crippen LogP contribution < -0.4 is 92.1 Å². The number of carbonyl (C=O) groups is 18. The Hall–Kier alpha value is -11.5. The van der Waals surface area contributed by atoms with Gasteiger partial charge < -0.3 is 147 Å². The van der Waals surface area contributed by atoms with E-state index in [0.29, 0.717) is 12.0 Å². The highest BCUT2D eigenvalue weighted by atomic mass is 16.7. The van der Waals surface area contributed by atoms with E-state index in [1.807, 2.05) is 5.32 Å². The van der Waals surface area contributed by atoms with Crippen molar-refractivity contribution in [2.24, 2.45) is 22.9 Å². The molecule has 2 aromatic carbocycles. The van der Waals surface area contributed by atoms with Gasteiger partial charge in [0.25, 0.3) is 0 Å². The molecule has 120 heavy (non-hydrogen) atoms. The van der Waals surface area contributed by atoms with E-state index in [9.17, 15) is 127 Å². The molecule has 1 aliphatic carbocycles. The van der Waals surface area contributed by atoms with E-state index in [-0.39, 0.29) is 64.5 Å². The van der Waals surface area contributed by atoms with Crippen molar-refractivity contribution in [2.75, 3.05) is 59.0 Å². The number of ether oxygens (including phenoxy) is 2. The van der Waals surface area contributed by atoms with Gasteiger partial charge in [-0.05, 0) is 101 Å². The summed E-state index contributed by atoms with van der Waals surface area (Å²) >= 11 is 0. The molecular weight excluding hydrogens is 1590 g/mol. The number of nitrogens with one attached hydrogen (secondary N) is 13. The van der Waals surface area contributed by atoms with Crippen molar-refractivity contribution < 1.29 is 137 Å². The molecule has 2 fully saturated rings. The lowest BCUT2D eigenvalue weighted by molar-refractivity contribution is -0.310. The van der Waals surface area contributed by atoms with E-state index in [4.69, 9.17) is 32.4 Å². The van der Waals surface area contributed by atoms with E-state index in [1.165, 1.54) is 6.92 Å². The average molecular weight is 1700 g/mol. The molecule has 3 aliphatic rings. The number of likely N-dealkylation sites (tertiary alicyclic amines) is 1. The van der Waals surface area contributed by atoms with Crippen LogP contribution in [0.3, 0.4) is 0 Å². The van der Waals surface area contributed by atoms with E-state index in [1.54, 1.807) is 54.6 Å². The highest BCUT2D eigenvalue weighted by Gasteiger charge is 2.48. The predicted molar refractivity (Wildman–Crippen MR) is 413 cm³/mol. The quantitative estimate of drug-likeness (QED) is 0.0274. The first kappa shape index (κ1) is 99.1. The van der Waals surface area contributed by atoms with Crippen LogP contribution in [-0.2, 0) is 115 Å². The number of aliphatic carboxylic acids is 3. The van der Waals surface area contributed by atoms with E-state index in [2.05, 4.69) is 63.8 Å². The molecule has 15 amide bonds. The van der Waals surface area contributed by atoms with Gasteiger partial charge in [-0.1, -0.05) is 54.6 Å². The van der Waals surface area contributed by atoms with Crippen molar-refractivity contribution in [3.8, 4) is 0 Å². The van der Waals surface area contributed by atoms with E-state index < -0.39 is 300 Å². The van der Waals surface area contributed by atoms with Crippen LogP contribution in [0.5, 0.6) is 0 Å². The van der Waals surface area contributed by atoms with Gasteiger partial charge in [0.05, 0.1) is 51.5 Å². The number of rotatable bonds is 51. The lowest BCUT2D eigenvalue weighted by Gasteiger charge is -2.40. The molecule has 5 rings (SSSR count). The third kappa shape index (κ3) is 31.7. The average Bonchev–Trinajstić information content (AvgIpc) is 1.62. The Morgan fingerprint density at radius 2 is 1.03 bits per heavy atom. The summed E-state index contributed by atoms with van der Waals surface area (Å²) in [5.41, 5.74) is 23.2. The molecule has 29 N–H and O–H groups in total. The van der Waals surface area contributed by atoms with Crippen LogP contribution in [0.2, 0.25) is 0 Å². The van der Waals surface area contributed by atoms with Crippen LogP contribution in [0.4, 0.5) is 0 Å². The maximum atomic E-state index is 14.6. The third-order valence-electron chi connectivity index (χ3n) is 19.7. The second kappa shape index (κ2) is 49.2. The maximum Gasteiger partial charge on any atom is 0.328 e. The molecule has 2 heterocycles. The van der Waals surface area contributed by atoms with Crippen molar-refractivity contribution in [1.82, 2.24) is 74.0 Å². The normalized spacial score (nSPS) is 19.5. The monoisotopic (exact) mass is 1700 g/mol. The number of unbranched alkanes of at least 4 members (excludes halogenated alkanes) is 1. The summed E-state index contributed by atoms with van der Waals surface area (Å²) in [7, 11) is 0. The fraction of sp³-hybridized carbons (Fsp3) is 0.595. The Morgan fingerprint density at radius 3 is 1.54 bits per heavy atom. The fourth-order valence-electron chi connectivity index (χ4n) is 13.1. The second-order valence-corrected chi connectivity index (χ2v) is 29.0. The maximum absolute atomic E-state index is 14.6. The topological polar surface area (TPSA) is 751 Å². The molecule has 0 bridgehead atoms. The van der Waals surface area contributed by atoms with Crippen molar-refractivity contribution >= 4 is 107 Å². The number of aliphatic hydroxyl groups excluding tert-OH is 5. The van der Waals surface area contributed by atoms with Crippen molar-refractivity contribution in [1.29, 1.82) is 0 Å². The number of amides is 15. The van der Waals surface area contributed by atoms with Gasteiger partial charge in [-0.15, -0.1) is 0 Å². The van der Waals surface area contributed by atoms with Crippen LogP contribution in [-0.4, -0.2) is 314 Å². The first-order chi connectivity index (χ1) is 56.8. The molecule has 0 radical (unpaired) electrons. The lowest BCUT2D eigenvalue weighted by Crippen LogP contribution is -2.63. The van der Waals surface area contributed by atoms with Gasteiger partial charge in [0.1, 0.15) is 78.3 Å². The molecule has 0 unspecified atom stereocenters. The smallest absolute Gasteiger partial charge is 0.328 e. The van der Waals surface area contributed by atoms with Gasteiger partial charge in [-0.3, -0.25) is 81.5 Å². The number of primary amides is 1. The van der Waals surface area contributed by atoms with E-state index in [0.717, 1.165) is 23.0 Å². The SMILES string of the molecule is C[C@H](NC(=O)C1(NC(=O)CN)Cc2ccccc2C1)C(=O)NCC(=O)N[C@@H](Cc1ccccc1)C(=O)N[C@@H](CC[C@H](CN)O[C@@H]1O[C@H](CO)[C@H](O)[C@H](O)[C@H]1O)C(=O)NCC(=O)N[C@@H](CCC(=O)O)C(=O)N[C@@H](CCC(N)=O)C(=O)NCC(=O)N1CCC[C@H]1C(=O)N[C@@H](CCCCN)C(=O)NCC(=O)N[C@@H](CCC(=O)O)C(=O)N[C@H](C(=O)O)[C@@H](C)O. The highest BCUT2D eigenvalue weighted by Crippen LogP contribution is 2.31. The summed E-state index contributed by atoms with van der Waals surface area (Å²) < 4.78 is 11.3. The fourth-order valence-corrected chi connectivity index (χ4v) is 13.1. The van der Waals surface area contributed by atoms with Gasteiger partial charge in [0.15, 0.2) is 12.3 Å². The number of nitrogens with two attached hydrogens (primary N) is 4. The summed E-state index contributed by atoms with van der Waals surface area (Å²) in [6, 6.07) is 0.734. The first-order valence-corrected chi connectivity index (χ1v) is 38.8. The molecule has 46 nitrogen and oxygen atoms in total. The largest absolute Gasteiger partial charge is 0.481 e. The van der Waals surface area contributed by atoms with Crippen molar-refractivity contribution in [3.63, 3.8) is 0 Å². The number of benzene rings is 2. The van der Waals surface area contributed by atoms with E-state index >= 15 is 0 Å². The number of hydrogen-bond acceptors (Lipinski definition) is 28. The number of carboxylic acids is 3. The molecule has 2 aromatic rings. The Kier molecular flexibility index (Phi) is 40.6. The van der Waals surface area contributed by atoms with Crippen molar-refractivity contribution in [2.45, 2.75) is 219 Å². The Bertz CT molecular complexity index is 3910. The zero-order valence-electron chi connectivity index (χ0n) is 66.1. The molecule has 664 valence electrons. The molecular formula is C74H110N18O28. The Morgan fingerprint density at radius 1 is 0.542 bits per heavy atom. The van der Waals surface area contributed by atoms with Crippen molar-refractivity contribution in [3.05, 3.63) is 71.3 Å². The number of carboxylic acid groups (broad SMARTS) is 3. The number of fused-ring (bicyclic) bond motifs is 1. The Balaban J connectivity index is 1.29. The van der Waals surface area contributed by atoms with Gasteiger partial charge in [0, 0.05) is 51.6 Å². The Labute approximate surface area is 687 Å². The highest BCUT2D eigenvalue weighted by molar-refractivity contribution is 6.00. The van der Waals surface area contributed by atoms with Crippen LogP contribution in [0, 0.1) is 0 Å². The summed E-state index contributed by atoms with van der Waals surface area (Å²) in [5.74, 6) is -19.4. The molecule has 2 aliphatic heterocycles. The summed E-state index contributed by atoms with van der Waals surface area (Å²) in [5, 5.41) is 111. The molecule has 2 saturated heterocycles. The zero-order valence-corrected chi connectivity index (χ0v) is 66.1. The molecule has 0 aromatic heterocycles. The van der Waals surface area contributed by atoms with Crippen LogP contribution in [0.25, 0.3) is 0 Å². The molecule has 0 spiro atoms. The number of hydrogen-bond donors (Lipinski definition) is 25. The summed E-state index contributed by atoms with van der Waals surface area (Å²) in [6.07, 6.45) is -15.6. The van der Waals surface area contributed by atoms with Crippen LogP contribution in [0.15, 0.2) is 54.6 Å². The van der Waals surface area contributed by atoms with Crippen LogP contribution >= 0.6 is 0 Å². The van der Waals surface area contributed by atoms with Gasteiger partial charge in [-0.2, -0.15) is 0 Å². The van der Waals surface area contributed by atoms with Gasteiger partial charge >= 0.3 is 17.9 Å².